The molecule has 0 aliphatic rings. The molecule has 0 aliphatic heterocycles. The van der Waals surface area contributed by atoms with Gasteiger partial charge in [-0.3, -0.25) is 4.79 Å². The molecule has 3 aromatic rings. The second-order valence-corrected chi connectivity index (χ2v) is 6.27. The zero-order valence-corrected chi connectivity index (χ0v) is 15.7. The molecular formula is C23H23NO3. The number of ether oxygens (including phenoxy) is 2. The number of aryl methyl sites for hydroxylation is 1. The molecule has 0 spiro atoms. The van der Waals surface area contributed by atoms with Gasteiger partial charge in [0.1, 0.15) is 17.1 Å². The zero-order valence-electron chi connectivity index (χ0n) is 15.7. The van der Waals surface area contributed by atoms with Crippen LogP contribution in [0.3, 0.4) is 0 Å². The Labute approximate surface area is 159 Å². The van der Waals surface area contributed by atoms with Crippen molar-refractivity contribution >= 4 is 5.91 Å². The largest absolute Gasteiger partial charge is 0.496 e. The van der Waals surface area contributed by atoms with Gasteiger partial charge in [0.25, 0.3) is 5.91 Å². The third-order valence-corrected chi connectivity index (χ3v) is 4.47. The standard InChI is InChI=1S/C23H23NO3/c1-16-12-14-18(15-13-16)22(17-8-5-4-6-9-17)24-23(25)21-19(26-2)10-7-11-20(21)27-3/h4-15,22H,1-3H3,(H,24,25)/t22-/m0/s1. The van der Waals surface area contributed by atoms with Crippen molar-refractivity contribution in [2.45, 2.75) is 13.0 Å². The van der Waals surface area contributed by atoms with E-state index in [4.69, 9.17) is 9.47 Å². The van der Waals surface area contributed by atoms with Crippen LogP contribution in [0.5, 0.6) is 11.5 Å². The molecule has 0 saturated heterocycles. The van der Waals surface area contributed by atoms with Gasteiger partial charge >= 0.3 is 0 Å². The van der Waals surface area contributed by atoms with E-state index in [1.165, 1.54) is 5.56 Å². The Bertz CT molecular complexity index is 882. The number of nitrogens with one attached hydrogen (secondary N) is 1. The summed E-state index contributed by atoms with van der Waals surface area (Å²) in [5.41, 5.74) is 3.57. The van der Waals surface area contributed by atoms with Crippen LogP contribution in [0.2, 0.25) is 0 Å². The minimum atomic E-state index is -0.283. The summed E-state index contributed by atoms with van der Waals surface area (Å²) in [7, 11) is 3.08. The van der Waals surface area contributed by atoms with Gasteiger partial charge in [0.05, 0.1) is 20.3 Å². The molecular weight excluding hydrogens is 338 g/mol. The van der Waals surface area contributed by atoms with E-state index in [1.807, 2.05) is 61.5 Å². The van der Waals surface area contributed by atoms with Gasteiger partial charge in [-0.15, -0.1) is 0 Å². The number of hydrogen-bond acceptors (Lipinski definition) is 3. The van der Waals surface area contributed by atoms with Crippen LogP contribution in [-0.2, 0) is 0 Å². The van der Waals surface area contributed by atoms with Crippen molar-refractivity contribution in [3.05, 3.63) is 95.1 Å². The van der Waals surface area contributed by atoms with Crippen molar-refractivity contribution in [1.29, 1.82) is 0 Å². The number of benzene rings is 3. The van der Waals surface area contributed by atoms with E-state index in [0.29, 0.717) is 17.1 Å². The molecule has 0 unspecified atom stereocenters. The van der Waals surface area contributed by atoms with E-state index >= 15 is 0 Å². The van der Waals surface area contributed by atoms with Crippen LogP contribution in [-0.4, -0.2) is 20.1 Å². The van der Waals surface area contributed by atoms with E-state index in [9.17, 15) is 4.79 Å². The third kappa shape index (κ3) is 4.11. The molecule has 27 heavy (non-hydrogen) atoms. The van der Waals surface area contributed by atoms with Gasteiger partial charge in [0, 0.05) is 0 Å². The van der Waals surface area contributed by atoms with E-state index in [-0.39, 0.29) is 11.9 Å². The first-order valence-corrected chi connectivity index (χ1v) is 8.77. The summed E-state index contributed by atoms with van der Waals surface area (Å²) in [5, 5.41) is 3.14. The third-order valence-electron chi connectivity index (χ3n) is 4.47. The Kier molecular flexibility index (Phi) is 5.77. The smallest absolute Gasteiger partial charge is 0.259 e. The highest BCUT2D eigenvalue weighted by molar-refractivity contribution is 6.00. The molecule has 0 fully saturated rings. The molecule has 1 N–H and O–H groups in total. The lowest BCUT2D eigenvalue weighted by atomic mass is 9.97. The summed E-state index contributed by atoms with van der Waals surface area (Å²) in [6, 6.07) is 23.1. The fraction of sp³-hybridized carbons (Fsp3) is 0.174. The van der Waals surface area contributed by atoms with Crippen molar-refractivity contribution in [3.8, 4) is 11.5 Å². The Morgan fingerprint density at radius 3 is 1.89 bits per heavy atom. The second kappa shape index (κ2) is 8.41. The van der Waals surface area contributed by atoms with Gasteiger partial charge in [0.15, 0.2) is 0 Å². The zero-order chi connectivity index (χ0) is 19.2. The Balaban J connectivity index is 2.00. The predicted molar refractivity (Wildman–Crippen MR) is 106 cm³/mol. The van der Waals surface area contributed by atoms with Crippen LogP contribution < -0.4 is 14.8 Å². The molecule has 3 rings (SSSR count). The van der Waals surface area contributed by atoms with E-state index in [0.717, 1.165) is 11.1 Å². The molecule has 0 heterocycles. The average Bonchev–Trinajstić information content (AvgIpc) is 2.72. The van der Waals surface area contributed by atoms with Crippen molar-refractivity contribution in [1.82, 2.24) is 5.32 Å². The van der Waals surface area contributed by atoms with Gasteiger partial charge in [-0.05, 0) is 30.2 Å². The van der Waals surface area contributed by atoms with Crippen molar-refractivity contribution in [3.63, 3.8) is 0 Å². The average molecular weight is 361 g/mol. The molecule has 1 atom stereocenters. The van der Waals surface area contributed by atoms with Crippen LogP contribution in [0.25, 0.3) is 0 Å². The summed E-state index contributed by atoms with van der Waals surface area (Å²) < 4.78 is 10.8. The summed E-state index contributed by atoms with van der Waals surface area (Å²) in [6.07, 6.45) is 0. The summed E-state index contributed by atoms with van der Waals surface area (Å²) in [5.74, 6) is 0.698. The Hall–Kier alpha value is -3.27. The Morgan fingerprint density at radius 1 is 0.778 bits per heavy atom. The lowest BCUT2D eigenvalue weighted by Gasteiger charge is -2.21. The van der Waals surface area contributed by atoms with Gasteiger partial charge in [-0.25, -0.2) is 0 Å². The highest BCUT2D eigenvalue weighted by Gasteiger charge is 2.23. The molecule has 4 nitrogen and oxygen atoms in total. The van der Waals surface area contributed by atoms with E-state index in [1.54, 1.807) is 32.4 Å². The first-order valence-electron chi connectivity index (χ1n) is 8.77. The van der Waals surface area contributed by atoms with Gasteiger partial charge in [0.2, 0.25) is 0 Å². The van der Waals surface area contributed by atoms with Crippen molar-refractivity contribution in [2.24, 2.45) is 0 Å². The molecule has 138 valence electrons. The van der Waals surface area contributed by atoms with Crippen LogP contribution in [0.1, 0.15) is 33.1 Å². The second-order valence-electron chi connectivity index (χ2n) is 6.27. The van der Waals surface area contributed by atoms with Crippen LogP contribution in [0.15, 0.2) is 72.8 Å². The highest BCUT2D eigenvalue weighted by atomic mass is 16.5. The monoisotopic (exact) mass is 361 g/mol. The fourth-order valence-corrected chi connectivity index (χ4v) is 3.04. The molecule has 0 aliphatic carbocycles. The van der Waals surface area contributed by atoms with Gasteiger partial charge in [-0.1, -0.05) is 66.2 Å². The number of methoxy groups -OCH3 is 2. The lowest BCUT2D eigenvalue weighted by Crippen LogP contribution is -2.30. The fourth-order valence-electron chi connectivity index (χ4n) is 3.04. The van der Waals surface area contributed by atoms with Crippen LogP contribution in [0, 0.1) is 6.92 Å². The number of hydrogen-bond donors (Lipinski definition) is 1. The normalized spacial score (nSPS) is 11.5. The van der Waals surface area contributed by atoms with Crippen LogP contribution >= 0.6 is 0 Å². The number of carbonyl (C=O) groups is 1. The molecule has 0 bridgehead atoms. The van der Waals surface area contributed by atoms with Gasteiger partial charge in [-0.2, -0.15) is 0 Å². The minimum Gasteiger partial charge on any atom is -0.496 e. The number of carbonyl (C=O) groups excluding carboxylic acids is 1. The summed E-state index contributed by atoms with van der Waals surface area (Å²) in [4.78, 5) is 13.2. The SMILES string of the molecule is COc1cccc(OC)c1C(=O)N[C@@H](c1ccccc1)c1ccc(C)cc1. The molecule has 1 amide bonds. The maximum absolute atomic E-state index is 13.2. The topological polar surface area (TPSA) is 47.6 Å². The maximum Gasteiger partial charge on any atom is 0.259 e. The first-order chi connectivity index (χ1) is 13.1. The highest BCUT2D eigenvalue weighted by Crippen LogP contribution is 2.30. The molecule has 3 aromatic carbocycles. The van der Waals surface area contributed by atoms with E-state index in [2.05, 4.69) is 5.32 Å². The predicted octanol–water partition coefficient (Wildman–Crippen LogP) is 4.53. The molecule has 0 saturated carbocycles. The number of amides is 1. The summed E-state index contributed by atoms with van der Waals surface area (Å²) in [6.45, 7) is 2.04. The molecule has 0 radical (unpaired) electrons. The molecule has 4 heteroatoms. The quantitative estimate of drug-likeness (QED) is 0.702. The maximum atomic E-state index is 13.2. The lowest BCUT2D eigenvalue weighted by molar-refractivity contribution is 0.0936. The minimum absolute atomic E-state index is 0.251. The Morgan fingerprint density at radius 2 is 1.33 bits per heavy atom. The summed E-state index contributed by atoms with van der Waals surface area (Å²) >= 11 is 0. The first kappa shape index (κ1) is 18.5. The van der Waals surface area contributed by atoms with Crippen LogP contribution in [0.4, 0.5) is 0 Å². The van der Waals surface area contributed by atoms with Gasteiger partial charge < -0.3 is 14.8 Å². The van der Waals surface area contributed by atoms with Crippen molar-refractivity contribution < 1.29 is 14.3 Å². The molecule has 0 aromatic heterocycles. The number of rotatable bonds is 6. The van der Waals surface area contributed by atoms with Crippen molar-refractivity contribution in [2.75, 3.05) is 14.2 Å². The van der Waals surface area contributed by atoms with E-state index < -0.39 is 0 Å².